The second kappa shape index (κ2) is 11.4. The molecule has 10 nitrogen and oxygen atoms in total. The van der Waals surface area contributed by atoms with Crippen molar-refractivity contribution in [3.05, 3.63) is 89.6 Å². The Morgan fingerprint density at radius 3 is 2.43 bits per heavy atom. The van der Waals surface area contributed by atoms with E-state index in [0.29, 0.717) is 11.4 Å². The van der Waals surface area contributed by atoms with Crippen molar-refractivity contribution in [3.8, 4) is 34.1 Å². The number of primary amides is 1. The van der Waals surface area contributed by atoms with Gasteiger partial charge in [-0.15, -0.1) is 0 Å². The number of nitrogens with zero attached hydrogens (tertiary/aromatic N) is 3. The van der Waals surface area contributed by atoms with E-state index in [2.05, 4.69) is 20.3 Å². The molecular formula is C32H27F4N5O5. The lowest BCUT2D eigenvalue weighted by molar-refractivity contribution is -0.265. The number of carbonyl (C=O) groups excluding carboxylic acids is 2. The van der Waals surface area contributed by atoms with Gasteiger partial charge >= 0.3 is 6.18 Å². The van der Waals surface area contributed by atoms with Gasteiger partial charge in [-0.2, -0.15) is 13.2 Å². The Kier molecular flexibility index (Phi) is 7.63. The van der Waals surface area contributed by atoms with Crippen LogP contribution in [0.2, 0.25) is 0 Å². The summed E-state index contributed by atoms with van der Waals surface area (Å²) in [5.41, 5.74) is -0.228. The van der Waals surface area contributed by atoms with Gasteiger partial charge in [0, 0.05) is 29.1 Å². The third kappa shape index (κ3) is 5.60. The van der Waals surface area contributed by atoms with Crippen molar-refractivity contribution in [1.82, 2.24) is 20.3 Å². The predicted octanol–water partition coefficient (Wildman–Crippen LogP) is 4.20. The molecule has 2 atom stereocenters. The normalized spacial score (nSPS) is 18.7. The second-order valence-corrected chi connectivity index (χ2v) is 11.4. The Balaban J connectivity index is 1.37. The maximum absolute atomic E-state index is 14.7. The van der Waals surface area contributed by atoms with E-state index in [4.69, 9.17) is 15.2 Å². The molecule has 1 aliphatic carbocycles. The lowest BCUT2D eigenvalue weighted by atomic mass is 9.81. The molecular weight excluding hydrogens is 610 g/mol. The number of nitrogens with one attached hydrogen (secondary N) is 1. The summed E-state index contributed by atoms with van der Waals surface area (Å²) in [4.78, 5) is 38.2. The molecule has 238 valence electrons. The number of ether oxygens (including phenoxy) is 2. The van der Waals surface area contributed by atoms with Crippen LogP contribution < -0.4 is 20.5 Å². The van der Waals surface area contributed by atoms with Gasteiger partial charge in [-0.05, 0) is 74.4 Å². The largest absolute Gasteiger partial charge is 0.490 e. The highest BCUT2D eigenvalue weighted by atomic mass is 19.4. The van der Waals surface area contributed by atoms with Crippen molar-refractivity contribution in [3.63, 3.8) is 0 Å². The summed E-state index contributed by atoms with van der Waals surface area (Å²) in [5, 5.41) is 13.5. The number of rotatable bonds is 9. The highest BCUT2D eigenvalue weighted by Gasteiger charge is 2.57. The molecule has 0 bridgehead atoms. The van der Waals surface area contributed by atoms with Gasteiger partial charge in [0.1, 0.15) is 35.0 Å². The molecule has 0 saturated heterocycles. The summed E-state index contributed by atoms with van der Waals surface area (Å²) in [6.45, 7) is -0.257. The number of aromatic nitrogens is 3. The number of aliphatic hydroxyl groups is 1. The number of nitrogens with two attached hydrogens (primary N) is 1. The number of fused-ring (bicyclic) bond motifs is 1. The van der Waals surface area contributed by atoms with Crippen LogP contribution >= 0.6 is 0 Å². The summed E-state index contributed by atoms with van der Waals surface area (Å²) in [7, 11) is 0. The molecule has 6 rings (SSSR count). The zero-order valence-electron chi connectivity index (χ0n) is 24.3. The fraction of sp³-hybridized carbons (Fsp3) is 0.281. The van der Waals surface area contributed by atoms with Crippen LogP contribution in [0.4, 0.5) is 17.6 Å². The van der Waals surface area contributed by atoms with Crippen LogP contribution in [-0.2, 0) is 15.8 Å². The first kappa shape index (κ1) is 30.9. The molecule has 3 heterocycles. The van der Waals surface area contributed by atoms with E-state index >= 15 is 0 Å². The van der Waals surface area contributed by atoms with Crippen molar-refractivity contribution < 1.29 is 41.7 Å². The maximum atomic E-state index is 14.7. The van der Waals surface area contributed by atoms with Gasteiger partial charge in [-0.1, -0.05) is 0 Å². The number of amides is 2. The first-order valence-corrected chi connectivity index (χ1v) is 14.2. The van der Waals surface area contributed by atoms with Crippen molar-refractivity contribution in [2.24, 2.45) is 5.73 Å². The molecule has 1 saturated carbocycles. The van der Waals surface area contributed by atoms with E-state index in [9.17, 15) is 32.3 Å². The molecule has 1 fully saturated rings. The summed E-state index contributed by atoms with van der Waals surface area (Å²) in [6.07, 6.45) is -0.760. The van der Waals surface area contributed by atoms with E-state index in [1.807, 2.05) is 0 Å². The zero-order chi connectivity index (χ0) is 32.9. The van der Waals surface area contributed by atoms with Crippen LogP contribution in [0.3, 0.4) is 0 Å². The molecule has 46 heavy (non-hydrogen) atoms. The number of benzene rings is 2. The van der Waals surface area contributed by atoms with Gasteiger partial charge in [0.15, 0.2) is 5.82 Å². The summed E-state index contributed by atoms with van der Waals surface area (Å²) in [6, 6.07) is 11.5. The summed E-state index contributed by atoms with van der Waals surface area (Å²) in [5.74, 6) is -1.84. The lowest BCUT2D eigenvalue weighted by Crippen LogP contribution is -2.51. The fourth-order valence-corrected chi connectivity index (χ4v) is 5.00. The highest BCUT2D eigenvalue weighted by molar-refractivity contribution is 5.95. The van der Waals surface area contributed by atoms with Crippen molar-refractivity contribution in [2.75, 3.05) is 13.2 Å². The molecule has 2 aromatic carbocycles. The van der Waals surface area contributed by atoms with Crippen LogP contribution in [0, 0.1) is 5.82 Å². The second-order valence-electron chi connectivity index (χ2n) is 11.4. The minimum atomic E-state index is -5.36. The average Bonchev–Trinajstić information content (AvgIpc) is 3.79. The predicted molar refractivity (Wildman–Crippen MR) is 155 cm³/mol. The SMILES string of the molecule is C[C@]1(C(N)=O)COc2c1cc([C@@](O)(CNC(=O)c1ccc(-c3ncccn3)c(OC3CC3)c1)C(F)(F)F)nc2-c1ccc(F)cc1. The third-order valence-electron chi connectivity index (χ3n) is 8.00. The molecule has 0 radical (unpaired) electrons. The molecule has 0 spiro atoms. The highest BCUT2D eigenvalue weighted by Crippen LogP contribution is 2.47. The number of pyridine rings is 1. The van der Waals surface area contributed by atoms with E-state index in [1.54, 1.807) is 6.07 Å². The summed E-state index contributed by atoms with van der Waals surface area (Å²) < 4.78 is 69.5. The first-order chi connectivity index (χ1) is 21.8. The van der Waals surface area contributed by atoms with Crippen molar-refractivity contribution in [1.29, 1.82) is 0 Å². The van der Waals surface area contributed by atoms with Crippen LogP contribution in [0.15, 0.2) is 67.0 Å². The van der Waals surface area contributed by atoms with Crippen LogP contribution in [0.1, 0.15) is 41.4 Å². The lowest BCUT2D eigenvalue weighted by Gasteiger charge is -2.31. The molecule has 4 N–H and O–H groups in total. The van der Waals surface area contributed by atoms with E-state index in [-0.39, 0.29) is 46.6 Å². The van der Waals surface area contributed by atoms with Crippen LogP contribution in [-0.4, -0.2) is 57.3 Å². The average molecular weight is 638 g/mol. The number of alkyl halides is 3. The standard InChI is InChI=1S/C32H27F4N5O5/c1-30(29(37)43)16-45-26-22(30)14-24(41-25(26)17-3-6-19(33)7-4-17)31(44,32(34,35)36)15-40-28(42)18-5-10-21(27-38-11-2-12-39-27)23(13-18)46-20-8-9-20/h2-7,10-14,20,44H,8-9,15-16H2,1H3,(H2,37,43)(H,40,42)/t30-,31-/m0/s1. The van der Waals surface area contributed by atoms with Gasteiger partial charge in [0.05, 0.1) is 23.9 Å². The monoisotopic (exact) mass is 637 g/mol. The smallest absolute Gasteiger partial charge is 0.424 e. The van der Waals surface area contributed by atoms with E-state index < -0.39 is 47.1 Å². The maximum Gasteiger partial charge on any atom is 0.424 e. The molecule has 2 amide bonds. The minimum absolute atomic E-state index is 0.0316. The van der Waals surface area contributed by atoms with Crippen molar-refractivity contribution >= 4 is 11.8 Å². The zero-order valence-corrected chi connectivity index (χ0v) is 24.3. The number of carbonyl (C=O) groups is 2. The Morgan fingerprint density at radius 2 is 1.80 bits per heavy atom. The fourth-order valence-electron chi connectivity index (χ4n) is 5.00. The molecule has 0 unspecified atom stereocenters. The van der Waals surface area contributed by atoms with Crippen LogP contribution in [0.25, 0.3) is 22.6 Å². The van der Waals surface area contributed by atoms with Crippen molar-refractivity contribution in [2.45, 2.75) is 43.1 Å². The Bertz CT molecular complexity index is 1820. The number of halogens is 4. The van der Waals surface area contributed by atoms with Gasteiger partial charge in [-0.3, -0.25) is 9.59 Å². The molecule has 1 aliphatic heterocycles. The minimum Gasteiger partial charge on any atom is -0.490 e. The molecule has 4 aromatic rings. The Morgan fingerprint density at radius 1 is 1.11 bits per heavy atom. The first-order valence-electron chi connectivity index (χ1n) is 14.2. The van der Waals surface area contributed by atoms with Gasteiger partial charge < -0.3 is 25.6 Å². The van der Waals surface area contributed by atoms with Gasteiger partial charge in [0.25, 0.3) is 5.91 Å². The van der Waals surface area contributed by atoms with Crippen LogP contribution in [0.5, 0.6) is 11.5 Å². The number of hydrogen-bond donors (Lipinski definition) is 3. The van der Waals surface area contributed by atoms with Gasteiger partial charge in [0.2, 0.25) is 11.5 Å². The Labute approximate surface area is 259 Å². The molecule has 14 heteroatoms. The number of hydrogen-bond acceptors (Lipinski definition) is 8. The quantitative estimate of drug-likeness (QED) is 0.231. The Hall–Kier alpha value is -5.11. The third-order valence-corrected chi connectivity index (χ3v) is 8.00. The molecule has 2 aromatic heterocycles. The van der Waals surface area contributed by atoms with E-state index in [1.165, 1.54) is 49.6 Å². The molecule has 2 aliphatic rings. The topological polar surface area (TPSA) is 150 Å². The van der Waals surface area contributed by atoms with Gasteiger partial charge in [-0.25, -0.2) is 19.3 Å². The van der Waals surface area contributed by atoms with E-state index in [0.717, 1.165) is 31.0 Å². The summed E-state index contributed by atoms with van der Waals surface area (Å²) >= 11 is 0.